The first-order valence-electron chi connectivity index (χ1n) is 5.05. The van der Waals surface area contributed by atoms with E-state index in [0.717, 1.165) is 6.92 Å². The number of halogens is 9. The van der Waals surface area contributed by atoms with E-state index in [1.54, 1.807) is 0 Å². The second-order valence-electron chi connectivity index (χ2n) is 3.94. The van der Waals surface area contributed by atoms with Crippen molar-refractivity contribution in [2.24, 2.45) is 0 Å². The predicted octanol–water partition coefficient (Wildman–Crippen LogP) is 2.76. The smallest absolute Gasteiger partial charge is 0.389 e. The molecule has 0 amide bonds. The Labute approximate surface area is 105 Å². The van der Waals surface area contributed by atoms with Crippen LogP contribution in [-0.4, -0.2) is 46.7 Å². The largest absolute Gasteiger partial charge is 0.439 e. The summed E-state index contributed by atoms with van der Waals surface area (Å²) in [5, 5.41) is 8.87. The number of hydrogen-bond donors (Lipinski definition) is 1. The van der Waals surface area contributed by atoms with Crippen molar-refractivity contribution in [3.05, 3.63) is 0 Å². The summed E-state index contributed by atoms with van der Waals surface area (Å²) in [5.74, 6) is 0. The van der Waals surface area contributed by atoms with Crippen LogP contribution in [0.2, 0.25) is 0 Å². The molecular weight excluding hydrogens is 313 g/mol. The summed E-state index contributed by atoms with van der Waals surface area (Å²) in [6.07, 6.45) is -19.4. The van der Waals surface area contributed by atoms with Crippen LogP contribution in [0.4, 0.5) is 39.5 Å². The quantitative estimate of drug-likeness (QED) is 0.641. The standard InChI is InChI=1S/C8H8F9NO2/c1-2-3(19)4(9)18-5(10,11)7(14,15)20-8(16,17)6(18,12)13/h3-4,19H,2H2,1H3. The molecule has 1 aliphatic heterocycles. The van der Waals surface area contributed by atoms with E-state index in [2.05, 4.69) is 4.74 Å². The van der Waals surface area contributed by atoms with Crippen molar-refractivity contribution in [3.63, 3.8) is 0 Å². The molecule has 1 saturated heterocycles. The molecule has 0 aromatic heterocycles. The van der Waals surface area contributed by atoms with Gasteiger partial charge < -0.3 is 5.11 Å². The zero-order valence-corrected chi connectivity index (χ0v) is 9.57. The van der Waals surface area contributed by atoms with E-state index >= 15 is 0 Å². The maximum atomic E-state index is 13.4. The van der Waals surface area contributed by atoms with Gasteiger partial charge in [-0.05, 0) is 6.42 Å². The van der Waals surface area contributed by atoms with Crippen molar-refractivity contribution in [2.45, 2.75) is 50.1 Å². The Hall–Kier alpha value is -0.750. The van der Waals surface area contributed by atoms with Gasteiger partial charge in [-0.1, -0.05) is 6.92 Å². The normalized spacial score (nSPS) is 30.8. The van der Waals surface area contributed by atoms with E-state index in [1.165, 1.54) is 0 Å². The fraction of sp³-hybridized carbons (Fsp3) is 1.00. The van der Waals surface area contributed by atoms with Gasteiger partial charge in [0.05, 0.1) is 6.10 Å². The maximum Gasteiger partial charge on any atom is 0.439 e. The second-order valence-corrected chi connectivity index (χ2v) is 3.94. The molecule has 0 spiro atoms. The summed E-state index contributed by atoms with van der Waals surface area (Å²) in [4.78, 5) is -2.36. The minimum Gasteiger partial charge on any atom is -0.389 e. The highest BCUT2D eigenvalue weighted by atomic mass is 19.4. The lowest BCUT2D eigenvalue weighted by atomic mass is 10.2. The molecule has 20 heavy (non-hydrogen) atoms. The van der Waals surface area contributed by atoms with Gasteiger partial charge in [-0.25, -0.2) is 9.13 Å². The number of morpholine rings is 1. The van der Waals surface area contributed by atoms with Gasteiger partial charge in [0, 0.05) is 0 Å². The molecule has 12 heteroatoms. The Balaban J connectivity index is 3.39. The van der Waals surface area contributed by atoms with Crippen molar-refractivity contribution < 1.29 is 49.4 Å². The highest BCUT2D eigenvalue weighted by Gasteiger charge is 2.84. The number of rotatable bonds is 3. The van der Waals surface area contributed by atoms with Crippen molar-refractivity contribution in [3.8, 4) is 0 Å². The van der Waals surface area contributed by atoms with Gasteiger partial charge in [-0.15, -0.1) is 4.90 Å². The Morgan fingerprint density at radius 3 is 1.60 bits per heavy atom. The van der Waals surface area contributed by atoms with Crippen LogP contribution in [-0.2, 0) is 4.74 Å². The van der Waals surface area contributed by atoms with Crippen LogP contribution in [0.5, 0.6) is 0 Å². The highest BCUT2D eigenvalue weighted by molar-refractivity contribution is 4.96. The molecule has 3 nitrogen and oxygen atoms in total. The lowest BCUT2D eigenvalue weighted by molar-refractivity contribution is -0.572. The van der Waals surface area contributed by atoms with Crippen molar-refractivity contribution >= 4 is 0 Å². The molecule has 0 bridgehead atoms. The van der Waals surface area contributed by atoms with E-state index in [0.29, 0.717) is 0 Å². The van der Waals surface area contributed by atoms with Gasteiger partial charge in [-0.3, -0.25) is 0 Å². The molecule has 0 radical (unpaired) electrons. The number of aliphatic hydroxyl groups excluding tert-OH is 1. The van der Waals surface area contributed by atoms with Crippen LogP contribution in [0.1, 0.15) is 13.3 Å². The molecule has 0 saturated carbocycles. The summed E-state index contributed by atoms with van der Waals surface area (Å²) in [6.45, 7) is 0.935. The van der Waals surface area contributed by atoms with E-state index in [4.69, 9.17) is 5.11 Å². The number of hydrogen-bond acceptors (Lipinski definition) is 3. The van der Waals surface area contributed by atoms with Gasteiger partial charge in [0.15, 0.2) is 6.30 Å². The Kier molecular flexibility index (Phi) is 4.00. The minimum atomic E-state index is -6.10. The van der Waals surface area contributed by atoms with Gasteiger partial charge in [0.2, 0.25) is 0 Å². The summed E-state index contributed by atoms with van der Waals surface area (Å²) >= 11 is 0. The van der Waals surface area contributed by atoms with Crippen molar-refractivity contribution in [1.82, 2.24) is 4.90 Å². The van der Waals surface area contributed by atoms with Gasteiger partial charge in [0.1, 0.15) is 0 Å². The summed E-state index contributed by atoms with van der Waals surface area (Å²) in [6, 6.07) is -12.2. The first-order chi connectivity index (χ1) is 8.72. The lowest BCUT2D eigenvalue weighted by Crippen LogP contribution is -2.76. The van der Waals surface area contributed by atoms with Crippen LogP contribution in [0.15, 0.2) is 0 Å². The summed E-state index contributed by atoms with van der Waals surface area (Å²) in [5.41, 5.74) is 0. The average Bonchev–Trinajstić information content (AvgIpc) is 2.23. The van der Waals surface area contributed by atoms with Gasteiger partial charge in [-0.2, -0.15) is 35.1 Å². The molecule has 0 aromatic rings. The molecule has 1 fully saturated rings. The molecule has 0 aromatic carbocycles. The Morgan fingerprint density at radius 1 is 0.950 bits per heavy atom. The zero-order valence-electron chi connectivity index (χ0n) is 9.57. The minimum absolute atomic E-state index is 0.762. The Bertz CT molecular complexity index is 349. The molecule has 120 valence electrons. The van der Waals surface area contributed by atoms with Crippen LogP contribution in [0.3, 0.4) is 0 Å². The molecule has 1 N–H and O–H groups in total. The third kappa shape index (κ3) is 2.22. The van der Waals surface area contributed by atoms with Crippen LogP contribution >= 0.6 is 0 Å². The lowest BCUT2D eigenvalue weighted by Gasteiger charge is -2.48. The highest BCUT2D eigenvalue weighted by Crippen LogP contribution is 2.56. The third-order valence-electron chi connectivity index (χ3n) is 2.54. The van der Waals surface area contributed by atoms with Crippen LogP contribution in [0.25, 0.3) is 0 Å². The monoisotopic (exact) mass is 321 g/mol. The van der Waals surface area contributed by atoms with E-state index in [1.807, 2.05) is 0 Å². The fourth-order valence-corrected chi connectivity index (χ4v) is 1.42. The van der Waals surface area contributed by atoms with Gasteiger partial charge in [0.25, 0.3) is 0 Å². The number of ether oxygens (including phenoxy) is 1. The van der Waals surface area contributed by atoms with Crippen LogP contribution < -0.4 is 0 Å². The predicted molar refractivity (Wildman–Crippen MR) is 43.9 cm³/mol. The SMILES string of the molecule is CCC(O)C(F)N1C(F)(F)C(F)(F)OC(F)(F)C1(F)F. The molecular formula is C8H8F9NO2. The topological polar surface area (TPSA) is 32.7 Å². The third-order valence-corrected chi connectivity index (χ3v) is 2.54. The van der Waals surface area contributed by atoms with Gasteiger partial charge >= 0.3 is 24.3 Å². The fourth-order valence-electron chi connectivity index (χ4n) is 1.42. The first-order valence-corrected chi connectivity index (χ1v) is 5.05. The zero-order chi connectivity index (χ0) is 16.1. The molecule has 2 unspecified atom stereocenters. The molecule has 1 heterocycles. The maximum absolute atomic E-state index is 13.4. The summed E-state index contributed by atoms with van der Waals surface area (Å²) < 4.78 is 119. The first kappa shape index (κ1) is 17.3. The van der Waals surface area contributed by atoms with Crippen molar-refractivity contribution in [2.75, 3.05) is 0 Å². The molecule has 1 rings (SSSR count). The number of nitrogens with zero attached hydrogens (tertiary/aromatic N) is 1. The van der Waals surface area contributed by atoms with Crippen LogP contribution in [0, 0.1) is 0 Å². The van der Waals surface area contributed by atoms with E-state index < -0.39 is 48.0 Å². The number of alkyl halides is 9. The van der Waals surface area contributed by atoms with E-state index in [9.17, 15) is 39.5 Å². The number of aliphatic hydroxyl groups is 1. The second kappa shape index (κ2) is 4.63. The molecule has 0 aliphatic carbocycles. The average molecular weight is 321 g/mol. The summed E-state index contributed by atoms with van der Waals surface area (Å²) in [7, 11) is 0. The van der Waals surface area contributed by atoms with Crippen molar-refractivity contribution in [1.29, 1.82) is 0 Å². The molecule has 2 atom stereocenters. The molecule has 1 aliphatic rings. The van der Waals surface area contributed by atoms with E-state index in [-0.39, 0.29) is 0 Å². The Morgan fingerprint density at radius 2 is 1.30 bits per heavy atom.